The van der Waals surface area contributed by atoms with Crippen LogP contribution in [-0.4, -0.2) is 17.6 Å². The highest BCUT2D eigenvalue weighted by molar-refractivity contribution is 7.89. The van der Waals surface area contributed by atoms with E-state index in [-0.39, 0.29) is 10.7 Å². The van der Waals surface area contributed by atoms with Gasteiger partial charge in [-0.25, -0.2) is 0 Å². The summed E-state index contributed by atoms with van der Waals surface area (Å²) in [6.45, 7) is 4.11. The first-order valence-corrected chi connectivity index (χ1v) is 10.2. The van der Waals surface area contributed by atoms with E-state index in [4.69, 9.17) is 5.73 Å². The monoisotopic (exact) mass is 359 g/mol. The summed E-state index contributed by atoms with van der Waals surface area (Å²) in [5.41, 5.74) is 8.43. The third-order valence-corrected chi connectivity index (χ3v) is 6.36. The Morgan fingerprint density at radius 1 is 1.24 bits per heavy atom. The summed E-state index contributed by atoms with van der Waals surface area (Å²) < 4.78 is 27.2. The van der Waals surface area contributed by atoms with Crippen molar-refractivity contribution >= 4 is 21.9 Å². The number of nitrogen functional groups attached to an aromatic ring is 1. The molecule has 1 atom stereocenters. The minimum Gasteiger partial charge on any atom is -0.382 e. The zero-order chi connectivity index (χ0) is 18.0. The van der Waals surface area contributed by atoms with Crippen LogP contribution in [0, 0.1) is 12.8 Å². The normalized spacial score (nSPS) is 16.8. The van der Waals surface area contributed by atoms with Gasteiger partial charge in [-0.2, -0.15) is 12.5 Å². The number of anilines is 1. The molecule has 1 aliphatic rings. The second-order valence-electron chi connectivity index (χ2n) is 6.73. The summed E-state index contributed by atoms with van der Waals surface area (Å²) in [5.74, 6) is 0.607. The van der Waals surface area contributed by atoms with Gasteiger partial charge in [-0.05, 0) is 37.8 Å². The SMILES string of the molecule is CCCCCC1C=Cc2c(N)nn(S(=O)(=O)c3ccc(C)cc3)c2C1. The molecular weight excluding hydrogens is 334 g/mol. The Hall–Kier alpha value is -2.08. The van der Waals surface area contributed by atoms with Crippen LogP contribution in [0.1, 0.15) is 49.4 Å². The van der Waals surface area contributed by atoms with Gasteiger partial charge in [0.2, 0.25) is 0 Å². The second-order valence-corrected chi connectivity index (χ2v) is 8.49. The van der Waals surface area contributed by atoms with Crippen LogP contribution in [0.4, 0.5) is 5.82 Å². The maximum Gasteiger partial charge on any atom is 0.283 e. The Bertz CT molecular complexity index is 880. The summed E-state index contributed by atoms with van der Waals surface area (Å²) in [6.07, 6.45) is 9.30. The fraction of sp³-hybridized carbons (Fsp3) is 0.421. The Labute approximate surface area is 149 Å². The van der Waals surface area contributed by atoms with E-state index in [0.717, 1.165) is 28.1 Å². The van der Waals surface area contributed by atoms with Gasteiger partial charge in [-0.3, -0.25) is 0 Å². The molecule has 0 saturated heterocycles. The maximum atomic E-state index is 13.0. The molecule has 1 aromatic carbocycles. The molecule has 6 heteroatoms. The molecule has 134 valence electrons. The van der Waals surface area contributed by atoms with Gasteiger partial charge < -0.3 is 5.73 Å². The first-order chi connectivity index (χ1) is 11.9. The topological polar surface area (TPSA) is 78.0 Å². The van der Waals surface area contributed by atoms with E-state index in [2.05, 4.69) is 18.1 Å². The molecule has 1 unspecified atom stereocenters. The van der Waals surface area contributed by atoms with Crippen molar-refractivity contribution in [2.24, 2.45) is 5.92 Å². The van der Waals surface area contributed by atoms with Crippen LogP contribution < -0.4 is 5.73 Å². The minimum absolute atomic E-state index is 0.237. The van der Waals surface area contributed by atoms with Crippen molar-refractivity contribution < 1.29 is 8.42 Å². The Balaban J connectivity index is 1.95. The molecule has 3 rings (SSSR count). The number of unbranched alkanes of at least 4 members (excludes halogenated alkanes) is 2. The van der Waals surface area contributed by atoms with Crippen molar-refractivity contribution in [3.8, 4) is 0 Å². The van der Waals surface area contributed by atoms with Crippen LogP contribution in [0.3, 0.4) is 0 Å². The number of benzene rings is 1. The van der Waals surface area contributed by atoms with E-state index in [9.17, 15) is 8.42 Å². The lowest BCUT2D eigenvalue weighted by Gasteiger charge is -2.18. The fourth-order valence-corrected chi connectivity index (χ4v) is 4.58. The molecule has 1 aromatic heterocycles. The first kappa shape index (κ1) is 17.7. The van der Waals surface area contributed by atoms with Crippen LogP contribution >= 0.6 is 0 Å². The number of nitrogens with zero attached hydrogens (tertiary/aromatic N) is 2. The number of aromatic nitrogens is 2. The van der Waals surface area contributed by atoms with Gasteiger partial charge in [-0.15, -0.1) is 5.10 Å². The summed E-state index contributed by atoms with van der Waals surface area (Å²) in [6, 6.07) is 6.82. The predicted octanol–water partition coefficient (Wildman–Crippen LogP) is 3.78. The van der Waals surface area contributed by atoms with Crippen molar-refractivity contribution in [3.05, 3.63) is 47.2 Å². The minimum atomic E-state index is -3.73. The molecule has 0 saturated carbocycles. The average molecular weight is 359 g/mol. The van der Waals surface area contributed by atoms with E-state index in [0.29, 0.717) is 18.0 Å². The molecule has 1 heterocycles. The number of nitrogens with two attached hydrogens (primary N) is 1. The lowest BCUT2D eigenvalue weighted by molar-refractivity contribution is 0.522. The van der Waals surface area contributed by atoms with Crippen LogP contribution in [-0.2, 0) is 16.4 Å². The zero-order valence-corrected chi connectivity index (χ0v) is 15.6. The predicted molar refractivity (Wildman–Crippen MR) is 101 cm³/mol. The smallest absolute Gasteiger partial charge is 0.283 e. The third kappa shape index (κ3) is 3.49. The Morgan fingerprint density at radius 3 is 2.64 bits per heavy atom. The van der Waals surface area contributed by atoms with Gasteiger partial charge in [0, 0.05) is 5.56 Å². The largest absolute Gasteiger partial charge is 0.382 e. The highest BCUT2D eigenvalue weighted by Gasteiger charge is 2.28. The molecule has 0 aliphatic heterocycles. The van der Waals surface area contributed by atoms with Crippen LogP contribution in [0.15, 0.2) is 35.2 Å². The van der Waals surface area contributed by atoms with E-state index < -0.39 is 10.0 Å². The van der Waals surface area contributed by atoms with Crippen LogP contribution in [0.5, 0.6) is 0 Å². The molecule has 25 heavy (non-hydrogen) atoms. The number of aryl methyl sites for hydroxylation is 1. The van der Waals surface area contributed by atoms with Gasteiger partial charge in [0.25, 0.3) is 10.0 Å². The molecule has 0 radical (unpaired) electrons. The molecule has 2 aromatic rings. The van der Waals surface area contributed by atoms with Crippen molar-refractivity contribution in [1.82, 2.24) is 9.19 Å². The molecule has 5 nitrogen and oxygen atoms in total. The molecule has 0 bridgehead atoms. The molecule has 0 fully saturated rings. The first-order valence-electron chi connectivity index (χ1n) is 8.81. The molecule has 1 aliphatic carbocycles. The molecular formula is C19H25N3O2S. The summed E-state index contributed by atoms with van der Waals surface area (Å²) in [5, 5.41) is 4.15. The third-order valence-electron chi connectivity index (χ3n) is 4.73. The van der Waals surface area contributed by atoms with Crippen molar-refractivity contribution in [1.29, 1.82) is 0 Å². The van der Waals surface area contributed by atoms with Crippen molar-refractivity contribution in [3.63, 3.8) is 0 Å². The van der Waals surface area contributed by atoms with E-state index >= 15 is 0 Å². The fourth-order valence-electron chi connectivity index (χ4n) is 3.24. The van der Waals surface area contributed by atoms with Gasteiger partial charge in [0.15, 0.2) is 5.82 Å². The second kappa shape index (κ2) is 7.04. The number of allylic oxidation sites excluding steroid dienone is 1. The molecule has 0 spiro atoms. The van der Waals surface area contributed by atoms with Crippen molar-refractivity contribution in [2.75, 3.05) is 5.73 Å². The highest BCUT2D eigenvalue weighted by Crippen LogP contribution is 2.31. The quantitative estimate of drug-likeness (QED) is 0.796. The van der Waals surface area contributed by atoms with Gasteiger partial charge in [0.1, 0.15) is 0 Å². The standard InChI is InChI=1S/C19H25N3O2S/c1-3-4-5-6-15-9-12-17-18(13-15)22(21-19(17)20)25(23,24)16-10-7-14(2)8-11-16/h7-12,15H,3-6,13H2,1-2H3,(H2,20,21). The number of fused-ring (bicyclic) bond motifs is 1. The number of hydrogen-bond donors (Lipinski definition) is 1. The Kier molecular flexibility index (Phi) is 4.99. The number of rotatable bonds is 6. The lowest BCUT2D eigenvalue weighted by atomic mass is 9.90. The summed E-state index contributed by atoms with van der Waals surface area (Å²) in [7, 11) is -3.73. The van der Waals surface area contributed by atoms with Gasteiger partial charge >= 0.3 is 0 Å². The van der Waals surface area contributed by atoms with E-state index in [1.165, 1.54) is 12.8 Å². The Morgan fingerprint density at radius 2 is 1.96 bits per heavy atom. The number of hydrogen-bond acceptors (Lipinski definition) is 4. The molecule has 2 N–H and O–H groups in total. The summed E-state index contributed by atoms with van der Waals surface area (Å²) >= 11 is 0. The van der Waals surface area contributed by atoms with Crippen LogP contribution in [0.25, 0.3) is 6.08 Å². The zero-order valence-electron chi connectivity index (χ0n) is 14.8. The van der Waals surface area contributed by atoms with Crippen molar-refractivity contribution in [2.45, 2.75) is 50.8 Å². The van der Waals surface area contributed by atoms with Crippen LogP contribution in [0.2, 0.25) is 0 Å². The molecule has 0 amide bonds. The van der Waals surface area contributed by atoms with Gasteiger partial charge in [0.05, 0.1) is 10.6 Å². The average Bonchev–Trinajstić information content (AvgIpc) is 2.93. The lowest BCUT2D eigenvalue weighted by Crippen LogP contribution is -2.20. The van der Waals surface area contributed by atoms with Gasteiger partial charge in [-0.1, -0.05) is 56.0 Å². The maximum absolute atomic E-state index is 13.0. The van der Waals surface area contributed by atoms with E-state index in [1.54, 1.807) is 24.3 Å². The van der Waals surface area contributed by atoms with E-state index in [1.807, 2.05) is 13.0 Å². The summed E-state index contributed by atoms with van der Waals surface area (Å²) in [4.78, 5) is 0.237. The highest BCUT2D eigenvalue weighted by atomic mass is 32.2.